The summed E-state index contributed by atoms with van der Waals surface area (Å²) in [5.74, 6) is -2.99. The van der Waals surface area contributed by atoms with Crippen LogP contribution in [-0.4, -0.2) is 73.5 Å². The first-order valence-electron chi connectivity index (χ1n) is 17.2. The van der Waals surface area contributed by atoms with Crippen LogP contribution in [0.4, 0.5) is 47.4 Å². The zero-order valence-corrected chi connectivity index (χ0v) is 32.1. The van der Waals surface area contributed by atoms with Gasteiger partial charge in [-0.2, -0.15) is 37.2 Å². The van der Waals surface area contributed by atoms with Gasteiger partial charge in [0.1, 0.15) is 52.0 Å². The SMILES string of the molecule is COC.COc1nc2c3c(c(C(F)(F)F)c(-c4ccc(F)c5sc(N)c(C#N)c45)c(F)c3n1)OCCN2Cc1cc(Cl)cnc1N.FC(F)=C1CC2CCCN2C1. The maximum absolute atomic E-state index is 16.7. The average Bonchev–Trinajstić information content (AvgIpc) is 3.84. The molecule has 302 valence electrons. The Kier molecular flexibility index (Phi) is 12.2. The lowest BCUT2D eigenvalue weighted by Gasteiger charge is -2.24. The highest BCUT2D eigenvalue weighted by Crippen LogP contribution is 2.53. The molecule has 1 atom stereocenters. The van der Waals surface area contributed by atoms with Crippen LogP contribution < -0.4 is 25.8 Å². The number of hydrogen-bond acceptors (Lipinski definition) is 12. The van der Waals surface area contributed by atoms with Gasteiger partial charge in [0.05, 0.1) is 34.3 Å². The van der Waals surface area contributed by atoms with Crippen molar-refractivity contribution in [1.82, 2.24) is 19.9 Å². The highest BCUT2D eigenvalue weighted by atomic mass is 35.5. The van der Waals surface area contributed by atoms with E-state index in [9.17, 15) is 18.4 Å². The Balaban J connectivity index is 0.000000330. The third-order valence-electron chi connectivity index (χ3n) is 9.54. The minimum absolute atomic E-state index is 0.00934. The van der Waals surface area contributed by atoms with Gasteiger partial charge in [-0.3, -0.25) is 4.90 Å². The van der Waals surface area contributed by atoms with Crippen LogP contribution in [0.15, 0.2) is 36.0 Å². The first kappa shape index (κ1) is 41.5. The summed E-state index contributed by atoms with van der Waals surface area (Å²) >= 11 is 6.75. The molecule has 2 aromatic carbocycles. The number of ether oxygens (including phenoxy) is 3. The summed E-state index contributed by atoms with van der Waals surface area (Å²) in [4.78, 5) is 16.0. The predicted octanol–water partition coefficient (Wildman–Crippen LogP) is 8.57. The van der Waals surface area contributed by atoms with Crippen LogP contribution >= 0.6 is 22.9 Å². The quantitative estimate of drug-likeness (QED) is 0.168. The molecule has 0 amide bonds. The number of methoxy groups -OCH3 is 2. The molecule has 8 rings (SSSR count). The van der Waals surface area contributed by atoms with Gasteiger partial charge in [-0.25, -0.2) is 13.8 Å². The number of aromatic nitrogens is 3. The molecular weight excluding hydrogens is 805 g/mol. The Morgan fingerprint density at radius 2 is 1.86 bits per heavy atom. The summed E-state index contributed by atoms with van der Waals surface area (Å²) in [6.07, 6.45) is -2.39. The van der Waals surface area contributed by atoms with Gasteiger partial charge in [-0.1, -0.05) is 17.7 Å². The van der Waals surface area contributed by atoms with Crippen LogP contribution in [0.5, 0.6) is 11.8 Å². The van der Waals surface area contributed by atoms with E-state index in [1.54, 1.807) is 20.3 Å². The number of alkyl halides is 3. The second kappa shape index (κ2) is 16.7. The van der Waals surface area contributed by atoms with E-state index in [1.807, 2.05) is 0 Å². The third-order valence-corrected chi connectivity index (χ3v) is 10.8. The lowest BCUT2D eigenvalue weighted by Crippen LogP contribution is -2.28. The van der Waals surface area contributed by atoms with Crippen molar-refractivity contribution in [3.8, 4) is 29.0 Å². The standard InChI is InChI=1S/C27H17ClF5N7O2S.C8H11F2N.C2H6O/c1-41-26-38-20-17-21(42-5-4-40(25(17)39-26)9-10-6-11(28)8-37-23(10)35)18(27(31,32)33)16(19(20)30)12-2-3-14(29)22-15(12)13(7-34)24(36)43-22;9-8(10)6-4-7-2-1-3-11(7)5-6;1-3-2/h2-3,6,8H,4-5,9,36H2,1H3,(H2,35,37);7H,1-5H2;1-2H3. The van der Waals surface area contributed by atoms with E-state index in [2.05, 4.69) is 24.6 Å². The molecule has 0 bridgehead atoms. The minimum atomic E-state index is -5.19. The van der Waals surface area contributed by atoms with Crippen molar-refractivity contribution in [2.75, 3.05) is 63.9 Å². The first-order valence-corrected chi connectivity index (χ1v) is 18.4. The molecule has 11 nitrogen and oxygen atoms in total. The molecule has 3 aliphatic rings. The van der Waals surface area contributed by atoms with Gasteiger partial charge >= 0.3 is 12.2 Å². The van der Waals surface area contributed by atoms with Crippen molar-refractivity contribution in [2.24, 2.45) is 0 Å². The monoisotopic (exact) mass is 838 g/mol. The van der Waals surface area contributed by atoms with E-state index >= 15 is 17.6 Å². The van der Waals surface area contributed by atoms with Gasteiger partial charge in [0.15, 0.2) is 5.82 Å². The number of pyridine rings is 1. The van der Waals surface area contributed by atoms with Crippen molar-refractivity contribution >= 4 is 60.6 Å². The van der Waals surface area contributed by atoms with Crippen molar-refractivity contribution in [2.45, 2.75) is 38.0 Å². The van der Waals surface area contributed by atoms with E-state index in [0.717, 1.165) is 25.1 Å². The number of halogens is 8. The molecule has 5 aromatic rings. The summed E-state index contributed by atoms with van der Waals surface area (Å²) in [7, 11) is 4.46. The normalized spacial score (nSPS) is 16.3. The van der Waals surface area contributed by atoms with Crippen LogP contribution in [0.1, 0.15) is 36.0 Å². The van der Waals surface area contributed by atoms with Crippen LogP contribution in [-0.2, 0) is 17.5 Å². The molecule has 57 heavy (non-hydrogen) atoms. The molecule has 6 heterocycles. The number of rotatable bonds is 4. The largest absolute Gasteiger partial charge is 0.490 e. The molecule has 0 saturated carbocycles. The summed E-state index contributed by atoms with van der Waals surface area (Å²) in [6, 6.07) is 5.27. The number of benzene rings is 2. The Hall–Kier alpha value is -5.16. The number of thiophene rings is 1. The molecular formula is C37H34ClF7N8O3S. The Bertz CT molecular complexity index is 2410. The number of nitrogens with zero attached hydrogens (tertiary/aromatic N) is 6. The minimum Gasteiger partial charge on any atom is -0.490 e. The van der Waals surface area contributed by atoms with Gasteiger partial charge < -0.3 is 30.6 Å². The molecule has 0 spiro atoms. The van der Waals surface area contributed by atoms with Gasteiger partial charge in [0.25, 0.3) is 6.08 Å². The van der Waals surface area contributed by atoms with Gasteiger partial charge in [0.2, 0.25) is 0 Å². The first-order chi connectivity index (χ1) is 27.1. The van der Waals surface area contributed by atoms with E-state index in [0.29, 0.717) is 41.5 Å². The van der Waals surface area contributed by atoms with Crippen LogP contribution in [0.2, 0.25) is 5.02 Å². The Morgan fingerprint density at radius 3 is 2.51 bits per heavy atom. The second-order valence-electron chi connectivity index (χ2n) is 13.1. The molecule has 0 radical (unpaired) electrons. The summed E-state index contributed by atoms with van der Waals surface area (Å²) in [6.45, 7) is 1.21. The fourth-order valence-corrected chi connectivity index (χ4v) is 8.30. The molecule has 1 unspecified atom stereocenters. The fourth-order valence-electron chi connectivity index (χ4n) is 7.17. The maximum Gasteiger partial charge on any atom is 0.420 e. The number of nitrogen functional groups attached to an aromatic ring is 2. The second-order valence-corrected chi connectivity index (χ2v) is 14.6. The van der Waals surface area contributed by atoms with Gasteiger partial charge in [-0.05, 0) is 43.5 Å². The number of nitrogens with two attached hydrogens (primary N) is 2. The Labute approximate surface area is 330 Å². The van der Waals surface area contributed by atoms with Crippen molar-refractivity contribution < 1.29 is 44.9 Å². The molecule has 20 heteroatoms. The zero-order chi connectivity index (χ0) is 41.3. The smallest absolute Gasteiger partial charge is 0.420 e. The van der Waals surface area contributed by atoms with E-state index < -0.39 is 51.8 Å². The topological polar surface area (TPSA) is 149 Å². The lowest BCUT2D eigenvalue weighted by atomic mass is 9.91. The molecule has 3 aromatic heterocycles. The number of fused-ring (bicyclic) bond motifs is 2. The van der Waals surface area contributed by atoms with Crippen molar-refractivity contribution in [3.63, 3.8) is 0 Å². The number of hydrogen-bond donors (Lipinski definition) is 2. The Morgan fingerprint density at radius 1 is 1.12 bits per heavy atom. The van der Waals surface area contributed by atoms with Crippen LogP contribution in [0, 0.1) is 23.0 Å². The molecule has 3 aliphatic heterocycles. The number of nitriles is 1. The van der Waals surface area contributed by atoms with Crippen LogP contribution in [0.25, 0.3) is 32.1 Å². The lowest BCUT2D eigenvalue weighted by molar-refractivity contribution is -0.138. The molecule has 0 aliphatic carbocycles. The predicted molar refractivity (Wildman–Crippen MR) is 203 cm³/mol. The third kappa shape index (κ3) is 8.04. The highest BCUT2D eigenvalue weighted by molar-refractivity contribution is 7.23. The van der Waals surface area contributed by atoms with E-state index in [1.165, 1.54) is 30.7 Å². The zero-order valence-electron chi connectivity index (χ0n) is 30.5. The van der Waals surface area contributed by atoms with Crippen molar-refractivity contribution in [1.29, 1.82) is 5.26 Å². The molecule has 2 saturated heterocycles. The van der Waals surface area contributed by atoms with Gasteiger partial charge in [-0.15, -0.1) is 11.3 Å². The summed E-state index contributed by atoms with van der Waals surface area (Å²) < 4.78 is 116. The highest BCUT2D eigenvalue weighted by Gasteiger charge is 2.44. The maximum atomic E-state index is 16.7. The average molecular weight is 839 g/mol. The summed E-state index contributed by atoms with van der Waals surface area (Å²) in [5, 5.41) is 9.23. The van der Waals surface area contributed by atoms with E-state index in [-0.39, 0.29) is 68.4 Å². The molecule has 4 N–H and O–H groups in total. The summed E-state index contributed by atoms with van der Waals surface area (Å²) in [5.41, 5.74) is 8.99. The van der Waals surface area contributed by atoms with E-state index in [4.69, 9.17) is 32.5 Å². The number of anilines is 3. The fraction of sp³-hybridized carbons (Fsp3) is 0.351. The van der Waals surface area contributed by atoms with Gasteiger partial charge in [0, 0.05) is 61.6 Å². The van der Waals surface area contributed by atoms with Crippen LogP contribution in [0.3, 0.4) is 0 Å². The molecule has 2 fully saturated rings. The van der Waals surface area contributed by atoms with Crippen molar-refractivity contribution in [3.05, 3.63) is 69.4 Å².